The van der Waals surface area contributed by atoms with Crippen molar-refractivity contribution in [2.75, 3.05) is 26.2 Å². The van der Waals surface area contributed by atoms with Crippen molar-refractivity contribution in [3.05, 3.63) is 45.2 Å². The van der Waals surface area contributed by atoms with Gasteiger partial charge in [-0.25, -0.2) is 4.68 Å². The molecule has 2 atom stereocenters. The van der Waals surface area contributed by atoms with Gasteiger partial charge in [-0.1, -0.05) is 23.2 Å². The summed E-state index contributed by atoms with van der Waals surface area (Å²) in [5.74, 6) is -0.00712. The zero-order chi connectivity index (χ0) is 21.1. The number of morpholine rings is 1. The van der Waals surface area contributed by atoms with Gasteiger partial charge in [0.15, 0.2) is 0 Å². The highest BCUT2D eigenvalue weighted by Crippen LogP contribution is 2.27. The van der Waals surface area contributed by atoms with E-state index in [0.717, 1.165) is 42.3 Å². The van der Waals surface area contributed by atoms with Crippen LogP contribution in [0.1, 0.15) is 30.8 Å². The van der Waals surface area contributed by atoms with Crippen molar-refractivity contribution in [3.63, 3.8) is 0 Å². The van der Waals surface area contributed by atoms with Crippen LogP contribution in [0.5, 0.6) is 0 Å². The van der Waals surface area contributed by atoms with Crippen LogP contribution >= 0.6 is 23.2 Å². The minimum Gasteiger partial charge on any atom is -0.373 e. The van der Waals surface area contributed by atoms with Gasteiger partial charge in [-0.05, 0) is 45.9 Å². The smallest absolute Gasteiger partial charge is 0.224 e. The molecule has 1 aliphatic heterocycles. The third-order valence-corrected chi connectivity index (χ3v) is 5.70. The monoisotopic (exact) mass is 438 g/mol. The van der Waals surface area contributed by atoms with Crippen LogP contribution in [-0.2, 0) is 16.0 Å². The first-order valence-electron chi connectivity index (χ1n) is 9.89. The maximum absolute atomic E-state index is 12.5. The SMILES string of the molecule is Cc1nn(-c2ccc(Cl)cc2Cl)c(C)c1CC(=O)NCCN1C[C@@H](C)O[C@H](C)C1. The van der Waals surface area contributed by atoms with E-state index in [1.54, 1.807) is 16.8 Å². The number of hydrogen-bond donors (Lipinski definition) is 1. The molecule has 1 aromatic carbocycles. The highest BCUT2D eigenvalue weighted by atomic mass is 35.5. The van der Waals surface area contributed by atoms with E-state index in [9.17, 15) is 4.79 Å². The van der Waals surface area contributed by atoms with Crippen LogP contribution in [0.15, 0.2) is 18.2 Å². The number of rotatable bonds is 6. The van der Waals surface area contributed by atoms with Crippen LogP contribution in [0.3, 0.4) is 0 Å². The number of benzene rings is 1. The molecule has 3 rings (SSSR count). The van der Waals surface area contributed by atoms with Gasteiger partial charge in [0.1, 0.15) is 0 Å². The second-order valence-electron chi connectivity index (χ2n) is 7.70. The summed E-state index contributed by atoms with van der Waals surface area (Å²) in [6.45, 7) is 11.3. The van der Waals surface area contributed by atoms with Crippen molar-refractivity contribution in [2.24, 2.45) is 0 Å². The minimum atomic E-state index is -0.00712. The van der Waals surface area contributed by atoms with Crippen molar-refractivity contribution in [1.29, 1.82) is 0 Å². The van der Waals surface area contributed by atoms with Gasteiger partial charge in [-0.3, -0.25) is 9.69 Å². The van der Waals surface area contributed by atoms with Crippen molar-refractivity contribution < 1.29 is 9.53 Å². The van der Waals surface area contributed by atoms with Crippen LogP contribution in [0.4, 0.5) is 0 Å². The molecule has 1 N–H and O–H groups in total. The topological polar surface area (TPSA) is 59.4 Å². The molecule has 2 heterocycles. The summed E-state index contributed by atoms with van der Waals surface area (Å²) in [6.07, 6.45) is 0.745. The van der Waals surface area contributed by atoms with Crippen molar-refractivity contribution in [1.82, 2.24) is 20.0 Å². The van der Waals surface area contributed by atoms with Gasteiger partial charge in [0.05, 0.1) is 35.0 Å². The van der Waals surface area contributed by atoms with Crippen LogP contribution in [-0.4, -0.2) is 59.0 Å². The third-order valence-electron chi connectivity index (χ3n) is 5.16. The van der Waals surface area contributed by atoms with Crippen molar-refractivity contribution in [3.8, 4) is 5.69 Å². The standard InChI is InChI=1S/C21H28Cl2N4O2/c1-13-11-26(12-14(2)29-13)8-7-24-21(28)10-18-15(3)25-27(16(18)4)20-6-5-17(22)9-19(20)23/h5-6,9,13-14H,7-8,10-12H2,1-4H3,(H,24,28)/t13-,14-/m1/s1. The third kappa shape index (κ3) is 5.51. The molecule has 0 aliphatic carbocycles. The minimum absolute atomic E-state index is 0.00712. The molecule has 29 heavy (non-hydrogen) atoms. The van der Waals surface area contributed by atoms with Crippen LogP contribution in [0, 0.1) is 13.8 Å². The van der Waals surface area contributed by atoms with Crippen LogP contribution in [0.25, 0.3) is 5.69 Å². The number of amides is 1. The Balaban J connectivity index is 1.60. The Hall–Kier alpha value is -1.60. The van der Waals surface area contributed by atoms with E-state index in [1.165, 1.54) is 0 Å². The van der Waals surface area contributed by atoms with E-state index < -0.39 is 0 Å². The summed E-state index contributed by atoms with van der Waals surface area (Å²) in [6, 6.07) is 5.30. The molecule has 6 nitrogen and oxygen atoms in total. The number of nitrogens with one attached hydrogen (secondary N) is 1. The lowest BCUT2D eigenvalue weighted by Gasteiger charge is -2.35. The molecule has 1 amide bonds. The summed E-state index contributed by atoms with van der Waals surface area (Å²) in [5.41, 5.74) is 3.39. The van der Waals surface area contributed by atoms with Gasteiger partial charge in [0.2, 0.25) is 5.91 Å². The number of nitrogens with zero attached hydrogens (tertiary/aromatic N) is 3. The second kappa shape index (κ2) is 9.47. The molecular formula is C21H28Cl2N4O2. The molecular weight excluding hydrogens is 411 g/mol. The van der Waals surface area contributed by atoms with Gasteiger partial charge in [0.25, 0.3) is 0 Å². The first-order chi connectivity index (χ1) is 13.7. The molecule has 158 valence electrons. The molecule has 8 heteroatoms. The zero-order valence-electron chi connectivity index (χ0n) is 17.3. The molecule has 0 radical (unpaired) electrons. The van der Waals surface area contributed by atoms with Crippen molar-refractivity contribution >= 4 is 29.1 Å². The number of aryl methyl sites for hydroxylation is 1. The van der Waals surface area contributed by atoms with E-state index in [2.05, 4.69) is 29.2 Å². The summed E-state index contributed by atoms with van der Waals surface area (Å²) in [7, 11) is 0. The van der Waals surface area contributed by atoms with Gasteiger partial charge >= 0.3 is 0 Å². The fraction of sp³-hybridized carbons (Fsp3) is 0.524. The Morgan fingerprint density at radius 1 is 1.24 bits per heavy atom. The Bertz CT molecular complexity index is 874. The van der Waals surface area contributed by atoms with E-state index in [1.807, 2.05) is 19.9 Å². The van der Waals surface area contributed by atoms with Gasteiger partial charge in [-0.2, -0.15) is 5.10 Å². The van der Waals surface area contributed by atoms with E-state index in [-0.39, 0.29) is 18.1 Å². The second-order valence-corrected chi connectivity index (χ2v) is 8.54. The van der Waals surface area contributed by atoms with E-state index in [4.69, 9.17) is 27.9 Å². The molecule has 0 unspecified atom stereocenters. The lowest BCUT2D eigenvalue weighted by molar-refractivity contribution is -0.120. The number of carbonyl (C=O) groups excluding carboxylic acids is 1. The lowest BCUT2D eigenvalue weighted by atomic mass is 10.1. The van der Waals surface area contributed by atoms with Crippen LogP contribution < -0.4 is 5.32 Å². The number of aromatic nitrogens is 2. The molecule has 1 saturated heterocycles. The number of carbonyl (C=O) groups is 1. The highest BCUT2D eigenvalue weighted by Gasteiger charge is 2.22. The van der Waals surface area contributed by atoms with E-state index in [0.29, 0.717) is 23.0 Å². The number of hydrogen-bond acceptors (Lipinski definition) is 4. The summed E-state index contributed by atoms with van der Waals surface area (Å²) in [4.78, 5) is 14.8. The Morgan fingerprint density at radius 3 is 2.59 bits per heavy atom. The molecule has 0 spiro atoms. The van der Waals surface area contributed by atoms with Gasteiger partial charge in [0, 0.05) is 42.5 Å². The fourth-order valence-corrected chi connectivity index (χ4v) is 4.35. The maximum Gasteiger partial charge on any atom is 0.224 e. The first kappa shape index (κ1) is 22.1. The number of ether oxygens (including phenoxy) is 1. The van der Waals surface area contributed by atoms with Crippen molar-refractivity contribution in [2.45, 2.75) is 46.3 Å². The molecule has 0 saturated carbocycles. The number of halogens is 2. The fourth-order valence-electron chi connectivity index (χ4n) is 3.86. The summed E-state index contributed by atoms with van der Waals surface area (Å²) >= 11 is 12.3. The summed E-state index contributed by atoms with van der Waals surface area (Å²) in [5, 5.41) is 8.70. The Kier molecular flexibility index (Phi) is 7.22. The maximum atomic E-state index is 12.5. The van der Waals surface area contributed by atoms with Gasteiger partial charge < -0.3 is 10.1 Å². The first-order valence-corrected chi connectivity index (χ1v) is 10.6. The van der Waals surface area contributed by atoms with Crippen LogP contribution in [0.2, 0.25) is 10.0 Å². The largest absolute Gasteiger partial charge is 0.373 e. The quantitative estimate of drug-likeness (QED) is 0.748. The average molecular weight is 439 g/mol. The lowest BCUT2D eigenvalue weighted by Crippen LogP contribution is -2.48. The molecule has 1 aromatic heterocycles. The molecule has 2 aromatic rings. The average Bonchev–Trinajstić information content (AvgIpc) is 2.89. The highest BCUT2D eigenvalue weighted by molar-refractivity contribution is 6.35. The zero-order valence-corrected chi connectivity index (χ0v) is 18.8. The predicted molar refractivity (Wildman–Crippen MR) is 116 cm³/mol. The molecule has 1 aliphatic rings. The normalized spacial score (nSPS) is 20.1. The summed E-state index contributed by atoms with van der Waals surface area (Å²) < 4.78 is 7.52. The van der Waals surface area contributed by atoms with E-state index >= 15 is 0 Å². The molecule has 0 bridgehead atoms. The predicted octanol–water partition coefficient (Wildman–Crippen LogP) is 3.56. The Morgan fingerprint density at radius 2 is 1.93 bits per heavy atom. The van der Waals surface area contributed by atoms with Gasteiger partial charge in [-0.15, -0.1) is 0 Å². The Labute approximate surface area is 182 Å². The molecule has 1 fully saturated rings.